The van der Waals surface area contributed by atoms with E-state index in [1.807, 2.05) is 17.0 Å². The number of amides is 1. The number of benzene rings is 1. The largest absolute Gasteiger partial charge is 0.336 e. The zero-order valence-electron chi connectivity index (χ0n) is 17.9. The van der Waals surface area contributed by atoms with Crippen LogP contribution in [0.5, 0.6) is 0 Å². The molecule has 2 aliphatic heterocycles. The second-order valence-corrected chi connectivity index (χ2v) is 11.4. The van der Waals surface area contributed by atoms with Gasteiger partial charge in [0.2, 0.25) is 0 Å². The van der Waals surface area contributed by atoms with Gasteiger partial charge in [0.25, 0.3) is 5.91 Å². The highest BCUT2D eigenvalue weighted by atomic mass is 35.5. The molecular formula is C24H24Cl2FN3OS2. The van der Waals surface area contributed by atoms with Gasteiger partial charge >= 0.3 is 0 Å². The Bertz CT molecular complexity index is 1100. The second-order valence-electron chi connectivity index (χ2n) is 8.88. The topological polar surface area (TPSA) is 36.4 Å². The molecule has 4 heterocycles. The molecule has 0 N–H and O–H groups in total. The molecule has 2 aromatic heterocycles. The van der Waals surface area contributed by atoms with Crippen LogP contribution in [0.25, 0.3) is 0 Å². The molecule has 2 saturated heterocycles. The molecule has 0 radical (unpaired) electrons. The summed E-state index contributed by atoms with van der Waals surface area (Å²) in [5, 5.41) is 4.55. The molecule has 2 atom stereocenters. The van der Waals surface area contributed by atoms with Crippen molar-refractivity contribution in [2.45, 2.75) is 24.7 Å². The summed E-state index contributed by atoms with van der Waals surface area (Å²) in [6.07, 6.45) is 2.13. The second kappa shape index (κ2) is 10.0. The van der Waals surface area contributed by atoms with E-state index in [0.717, 1.165) is 44.0 Å². The molecule has 0 spiro atoms. The first kappa shape index (κ1) is 23.2. The Hall–Kier alpha value is -1.51. The minimum absolute atomic E-state index is 0.138. The lowest BCUT2D eigenvalue weighted by Gasteiger charge is -2.34. The fourth-order valence-corrected chi connectivity index (χ4v) is 6.85. The third-order valence-electron chi connectivity index (χ3n) is 6.92. The van der Waals surface area contributed by atoms with Crippen LogP contribution in [0.2, 0.25) is 9.36 Å². The number of halogens is 3. The highest BCUT2D eigenvalue weighted by molar-refractivity contribution is 7.11. The van der Waals surface area contributed by atoms with E-state index in [9.17, 15) is 9.18 Å². The highest BCUT2D eigenvalue weighted by Crippen LogP contribution is 2.38. The van der Waals surface area contributed by atoms with Crippen LogP contribution in [0.15, 0.2) is 41.1 Å². The Morgan fingerprint density at radius 1 is 1.09 bits per heavy atom. The van der Waals surface area contributed by atoms with Crippen molar-refractivity contribution < 1.29 is 9.18 Å². The number of hydrogen-bond donors (Lipinski definition) is 0. The van der Waals surface area contributed by atoms with Crippen LogP contribution in [0, 0.1) is 11.7 Å². The van der Waals surface area contributed by atoms with Crippen LogP contribution in [-0.2, 0) is 0 Å². The summed E-state index contributed by atoms with van der Waals surface area (Å²) in [6, 6.07) is 9.11. The number of thiophene rings is 1. The van der Waals surface area contributed by atoms with Crippen LogP contribution < -0.4 is 0 Å². The summed E-state index contributed by atoms with van der Waals surface area (Å²) in [7, 11) is 0. The van der Waals surface area contributed by atoms with Crippen molar-refractivity contribution in [3.63, 3.8) is 0 Å². The average Bonchev–Trinajstić information content (AvgIpc) is 3.56. The van der Waals surface area contributed by atoms with Gasteiger partial charge in [0.15, 0.2) is 5.69 Å². The number of likely N-dealkylation sites (tertiary alicyclic amines) is 2. The Morgan fingerprint density at radius 2 is 1.85 bits per heavy atom. The van der Waals surface area contributed by atoms with Crippen LogP contribution >= 0.6 is 46.1 Å². The lowest BCUT2D eigenvalue weighted by atomic mass is 9.87. The van der Waals surface area contributed by atoms with E-state index >= 15 is 0 Å². The van der Waals surface area contributed by atoms with Crippen molar-refractivity contribution in [2.75, 3.05) is 32.7 Å². The van der Waals surface area contributed by atoms with E-state index in [1.165, 1.54) is 11.1 Å². The fourth-order valence-electron chi connectivity index (χ4n) is 5.14. The van der Waals surface area contributed by atoms with E-state index < -0.39 is 0 Å². The summed E-state index contributed by atoms with van der Waals surface area (Å²) >= 11 is 15.0. The van der Waals surface area contributed by atoms with E-state index in [-0.39, 0.29) is 22.4 Å². The molecule has 2 unspecified atom stereocenters. The summed E-state index contributed by atoms with van der Waals surface area (Å²) in [4.78, 5) is 17.6. The number of rotatable bonds is 5. The van der Waals surface area contributed by atoms with Gasteiger partial charge in [-0.1, -0.05) is 35.3 Å². The number of carbonyl (C=O) groups is 1. The van der Waals surface area contributed by atoms with Gasteiger partial charge in [-0.25, -0.2) is 4.39 Å². The smallest absolute Gasteiger partial charge is 0.275 e. The number of piperidine rings is 1. The zero-order valence-corrected chi connectivity index (χ0v) is 21.1. The van der Waals surface area contributed by atoms with Crippen molar-refractivity contribution in [1.29, 1.82) is 0 Å². The third kappa shape index (κ3) is 4.98. The number of aromatic nitrogens is 1. The molecule has 1 amide bonds. The predicted octanol–water partition coefficient (Wildman–Crippen LogP) is 6.39. The lowest BCUT2D eigenvalue weighted by Crippen LogP contribution is -2.38. The van der Waals surface area contributed by atoms with Crippen molar-refractivity contribution >= 4 is 52.0 Å². The van der Waals surface area contributed by atoms with Crippen molar-refractivity contribution in [3.8, 4) is 0 Å². The lowest BCUT2D eigenvalue weighted by molar-refractivity contribution is 0.0777. The molecule has 2 fully saturated rings. The molecule has 1 aromatic carbocycles. The van der Waals surface area contributed by atoms with Crippen LogP contribution in [0.3, 0.4) is 0 Å². The van der Waals surface area contributed by atoms with Crippen LogP contribution in [0.1, 0.15) is 46.3 Å². The first-order valence-corrected chi connectivity index (χ1v) is 13.6. The Balaban J connectivity index is 1.26. The van der Waals surface area contributed by atoms with E-state index in [0.29, 0.717) is 35.2 Å². The summed E-state index contributed by atoms with van der Waals surface area (Å²) in [5.41, 5.74) is 2.78. The van der Waals surface area contributed by atoms with Crippen LogP contribution in [-0.4, -0.2) is 52.8 Å². The van der Waals surface area contributed by atoms with Gasteiger partial charge in [-0.05, 0) is 89.4 Å². The molecule has 33 heavy (non-hydrogen) atoms. The maximum absolute atomic E-state index is 13.3. The molecule has 9 heteroatoms. The minimum Gasteiger partial charge on any atom is -0.336 e. The summed E-state index contributed by atoms with van der Waals surface area (Å²) in [6.45, 7) is 4.32. The van der Waals surface area contributed by atoms with Gasteiger partial charge in [-0.3, -0.25) is 4.79 Å². The molecule has 174 valence electrons. The van der Waals surface area contributed by atoms with Gasteiger partial charge in [-0.2, -0.15) is 15.7 Å². The molecule has 0 aliphatic carbocycles. The summed E-state index contributed by atoms with van der Waals surface area (Å²) < 4.78 is 17.8. The van der Waals surface area contributed by atoms with Gasteiger partial charge in [0.1, 0.15) is 15.2 Å². The Kier molecular flexibility index (Phi) is 7.04. The van der Waals surface area contributed by atoms with Crippen LogP contribution in [0.4, 0.5) is 4.39 Å². The number of nitrogens with zero attached hydrogens (tertiary/aromatic N) is 3. The quantitative estimate of drug-likeness (QED) is 0.388. The predicted molar refractivity (Wildman–Crippen MR) is 133 cm³/mol. The standard InChI is InChI=1S/C24H24Cl2FN3OS2/c25-21-22(28-33-23(21)26)24(31)30-12-18(20(13-30)17-7-10-32-14-17)11-29-8-5-16(6-9-29)15-1-3-19(27)4-2-15/h1-4,7,10,14,16,18,20H,5-6,8-9,11-13H2. The molecule has 4 nitrogen and oxygen atoms in total. The summed E-state index contributed by atoms with van der Waals surface area (Å²) in [5.74, 6) is 0.799. The van der Waals surface area contributed by atoms with Gasteiger partial charge in [0.05, 0.1) is 0 Å². The average molecular weight is 525 g/mol. The van der Waals surface area contributed by atoms with E-state index in [1.54, 1.807) is 23.5 Å². The molecule has 3 aromatic rings. The molecule has 5 rings (SSSR count). The Labute approximate surface area is 211 Å². The van der Waals surface area contributed by atoms with E-state index in [4.69, 9.17) is 23.2 Å². The number of hydrogen-bond acceptors (Lipinski definition) is 5. The molecule has 0 bridgehead atoms. The van der Waals surface area contributed by atoms with E-state index in [2.05, 4.69) is 26.1 Å². The SMILES string of the molecule is O=C(c1nsc(Cl)c1Cl)N1CC(CN2CCC(c3ccc(F)cc3)CC2)C(c2ccsc2)C1. The fraction of sp³-hybridized carbons (Fsp3) is 0.417. The zero-order chi connectivity index (χ0) is 22.9. The third-order valence-corrected chi connectivity index (χ3v) is 9.23. The molecule has 2 aliphatic rings. The van der Waals surface area contributed by atoms with Gasteiger partial charge in [0, 0.05) is 25.6 Å². The normalized spacial score (nSPS) is 22.2. The number of carbonyl (C=O) groups excluding carboxylic acids is 1. The maximum atomic E-state index is 13.3. The maximum Gasteiger partial charge on any atom is 0.275 e. The molecular weight excluding hydrogens is 500 g/mol. The molecule has 0 saturated carbocycles. The first-order valence-electron chi connectivity index (χ1n) is 11.1. The Morgan fingerprint density at radius 3 is 2.48 bits per heavy atom. The monoisotopic (exact) mass is 523 g/mol. The highest BCUT2D eigenvalue weighted by Gasteiger charge is 2.39. The van der Waals surface area contributed by atoms with Crippen molar-refractivity contribution in [3.05, 3.63) is 73.1 Å². The first-order chi connectivity index (χ1) is 16.0. The van der Waals surface area contributed by atoms with Gasteiger partial charge in [-0.15, -0.1) is 0 Å². The van der Waals surface area contributed by atoms with Crippen molar-refractivity contribution in [2.24, 2.45) is 5.92 Å². The van der Waals surface area contributed by atoms with Crippen molar-refractivity contribution in [1.82, 2.24) is 14.2 Å². The minimum atomic E-state index is -0.183. The van der Waals surface area contributed by atoms with Gasteiger partial charge < -0.3 is 9.80 Å².